The van der Waals surface area contributed by atoms with Crippen molar-refractivity contribution in [3.63, 3.8) is 0 Å². The molecule has 0 aliphatic carbocycles. The molecule has 3 nitrogen and oxygen atoms in total. The molecule has 2 rings (SSSR count). The fraction of sp³-hybridized carbons (Fsp3) is 0.500. The quantitative estimate of drug-likeness (QED) is 0.924. The van der Waals surface area contributed by atoms with Gasteiger partial charge in [-0.25, -0.2) is 4.39 Å². The van der Waals surface area contributed by atoms with Crippen LogP contribution in [0.15, 0.2) is 18.2 Å². The van der Waals surface area contributed by atoms with Crippen LogP contribution in [0.1, 0.15) is 26.2 Å². The zero-order valence-corrected chi connectivity index (χ0v) is 11.7. The number of rotatable bonds is 3. The minimum Gasteiger partial charge on any atom is -0.323 e. The van der Waals surface area contributed by atoms with Gasteiger partial charge in [0.1, 0.15) is 5.82 Å². The highest BCUT2D eigenvalue weighted by molar-refractivity contribution is 6.33. The van der Waals surface area contributed by atoms with Crippen LogP contribution in [0.3, 0.4) is 0 Å². The topological polar surface area (TPSA) is 32.3 Å². The van der Waals surface area contributed by atoms with Gasteiger partial charge < -0.3 is 5.32 Å². The molecule has 1 aliphatic rings. The van der Waals surface area contributed by atoms with Gasteiger partial charge in [-0.3, -0.25) is 9.69 Å². The van der Waals surface area contributed by atoms with E-state index in [1.54, 1.807) is 0 Å². The van der Waals surface area contributed by atoms with E-state index >= 15 is 0 Å². The summed E-state index contributed by atoms with van der Waals surface area (Å²) >= 11 is 5.90. The minimum atomic E-state index is -0.410. The van der Waals surface area contributed by atoms with Crippen molar-refractivity contribution >= 4 is 23.2 Å². The predicted octanol–water partition coefficient (Wildman–Crippen LogP) is 3.29. The molecule has 0 saturated carbocycles. The van der Waals surface area contributed by atoms with Gasteiger partial charge >= 0.3 is 0 Å². The zero-order valence-electron chi connectivity index (χ0n) is 11.0. The van der Waals surface area contributed by atoms with Gasteiger partial charge in [0, 0.05) is 0 Å². The molecule has 19 heavy (non-hydrogen) atoms. The summed E-state index contributed by atoms with van der Waals surface area (Å²) in [5.74, 6) is -0.512. The number of nitrogens with zero attached hydrogens (tertiary/aromatic N) is 1. The van der Waals surface area contributed by atoms with Crippen LogP contribution in [0.2, 0.25) is 5.02 Å². The molecule has 0 radical (unpaired) electrons. The predicted molar refractivity (Wildman–Crippen MR) is 74.9 cm³/mol. The largest absolute Gasteiger partial charge is 0.323 e. The summed E-state index contributed by atoms with van der Waals surface area (Å²) in [6.45, 7) is 3.79. The summed E-state index contributed by atoms with van der Waals surface area (Å²) in [6.07, 6.45) is 3.50. The Balaban J connectivity index is 1.99. The number of likely N-dealkylation sites (tertiary alicyclic amines) is 1. The maximum absolute atomic E-state index is 12.9. The van der Waals surface area contributed by atoms with Crippen molar-refractivity contribution in [2.45, 2.75) is 32.2 Å². The molecule has 0 aromatic heterocycles. The Morgan fingerprint density at radius 1 is 1.37 bits per heavy atom. The Kier molecular flexibility index (Phi) is 4.77. The Morgan fingerprint density at radius 3 is 2.68 bits per heavy atom. The number of amides is 1. The molecule has 1 amide bonds. The second kappa shape index (κ2) is 6.35. The Hall–Kier alpha value is -1.13. The SMILES string of the molecule is C[C@@H](C(=O)Nc1ccc(F)cc1Cl)N1CCCCC1. The Labute approximate surface area is 117 Å². The van der Waals surface area contributed by atoms with Crippen LogP contribution in [0.4, 0.5) is 10.1 Å². The van der Waals surface area contributed by atoms with Gasteiger partial charge in [0.2, 0.25) is 5.91 Å². The number of hydrogen-bond donors (Lipinski definition) is 1. The fourth-order valence-electron chi connectivity index (χ4n) is 2.30. The van der Waals surface area contributed by atoms with Crippen molar-refractivity contribution < 1.29 is 9.18 Å². The first-order valence-corrected chi connectivity index (χ1v) is 6.95. The van der Waals surface area contributed by atoms with E-state index in [-0.39, 0.29) is 17.0 Å². The van der Waals surface area contributed by atoms with E-state index in [2.05, 4.69) is 10.2 Å². The number of anilines is 1. The molecule has 1 fully saturated rings. The highest BCUT2D eigenvalue weighted by Crippen LogP contribution is 2.23. The molecule has 1 N–H and O–H groups in total. The third-order valence-electron chi connectivity index (χ3n) is 3.51. The van der Waals surface area contributed by atoms with Crippen LogP contribution in [0.25, 0.3) is 0 Å². The van der Waals surface area contributed by atoms with Crippen LogP contribution in [0.5, 0.6) is 0 Å². The lowest BCUT2D eigenvalue weighted by atomic mass is 10.1. The fourth-order valence-corrected chi connectivity index (χ4v) is 2.51. The summed E-state index contributed by atoms with van der Waals surface area (Å²) in [4.78, 5) is 14.3. The van der Waals surface area contributed by atoms with Crippen molar-refractivity contribution in [1.29, 1.82) is 0 Å². The number of hydrogen-bond acceptors (Lipinski definition) is 2. The minimum absolute atomic E-state index is 0.101. The van der Waals surface area contributed by atoms with E-state index in [4.69, 9.17) is 11.6 Å². The number of piperidine rings is 1. The third-order valence-corrected chi connectivity index (χ3v) is 3.82. The van der Waals surface area contributed by atoms with Gasteiger partial charge in [-0.05, 0) is 51.1 Å². The van der Waals surface area contributed by atoms with Crippen molar-refractivity contribution in [2.24, 2.45) is 0 Å². The number of halogens is 2. The lowest BCUT2D eigenvalue weighted by Crippen LogP contribution is -2.44. The number of benzene rings is 1. The molecule has 1 atom stereocenters. The highest BCUT2D eigenvalue weighted by Gasteiger charge is 2.23. The molecule has 1 saturated heterocycles. The standard InChI is InChI=1S/C14H18ClFN2O/c1-10(18-7-3-2-4-8-18)14(19)17-13-6-5-11(16)9-12(13)15/h5-6,9-10H,2-4,7-8H2,1H3,(H,17,19)/t10-/m0/s1. The molecule has 104 valence electrons. The molecule has 1 aromatic rings. The Morgan fingerprint density at radius 2 is 2.05 bits per heavy atom. The maximum atomic E-state index is 12.9. The first-order valence-electron chi connectivity index (χ1n) is 6.58. The van der Waals surface area contributed by atoms with E-state index in [0.29, 0.717) is 5.69 Å². The van der Waals surface area contributed by atoms with Gasteiger partial charge in [0.05, 0.1) is 16.8 Å². The highest BCUT2D eigenvalue weighted by atomic mass is 35.5. The van der Waals surface area contributed by atoms with E-state index in [0.717, 1.165) is 25.9 Å². The lowest BCUT2D eigenvalue weighted by Gasteiger charge is -2.31. The second-order valence-electron chi connectivity index (χ2n) is 4.89. The van der Waals surface area contributed by atoms with E-state index < -0.39 is 5.82 Å². The second-order valence-corrected chi connectivity index (χ2v) is 5.29. The van der Waals surface area contributed by atoms with Crippen molar-refractivity contribution in [3.05, 3.63) is 29.0 Å². The molecule has 1 aromatic carbocycles. The van der Waals surface area contributed by atoms with Crippen molar-refractivity contribution in [3.8, 4) is 0 Å². The normalized spacial score (nSPS) is 18.1. The first-order chi connectivity index (χ1) is 9.08. The number of nitrogens with one attached hydrogen (secondary N) is 1. The molecule has 1 heterocycles. The monoisotopic (exact) mass is 284 g/mol. The van der Waals surface area contributed by atoms with Gasteiger partial charge in [-0.2, -0.15) is 0 Å². The van der Waals surface area contributed by atoms with Crippen LogP contribution in [0, 0.1) is 5.82 Å². The smallest absolute Gasteiger partial charge is 0.241 e. The Bertz CT molecular complexity index is 461. The summed E-state index contributed by atoms with van der Waals surface area (Å²) < 4.78 is 12.9. The zero-order chi connectivity index (χ0) is 13.8. The van der Waals surface area contributed by atoms with Gasteiger partial charge in [0.15, 0.2) is 0 Å². The maximum Gasteiger partial charge on any atom is 0.241 e. The van der Waals surface area contributed by atoms with Crippen LogP contribution in [-0.4, -0.2) is 29.9 Å². The van der Waals surface area contributed by atoms with Crippen molar-refractivity contribution in [2.75, 3.05) is 18.4 Å². The molecule has 1 aliphatic heterocycles. The molecule has 5 heteroatoms. The lowest BCUT2D eigenvalue weighted by molar-refractivity contribution is -0.121. The van der Waals surface area contributed by atoms with Crippen LogP contribution in [-0.2, 0) is 4.79 Å². The first kappa shape index (κ1) is 14.3. The molecule has 0 bridgehead atoms. The summed E-state index contributed by atoms with van der Waals surface area (Å²) in [7, 11) is 0. The van der Waals surface area contributed by atoms with Crippen molar-refractivity contribution in [1.82, 2.24) is 4.90 Å². The average Bonchev–Trinajstić information content (AvgIpc) is 2.42. The van der Waals surface area contributed by atoms with E-state index in [9.17, 15) is 9.18 Å². The van der Waals surface area contributed by atoms with E-state index in [1.165, 1.54) is 24.6 Å². The summed E-state index contributed by atoms with van der Waals surface area (Å²) in [5.41, 5.74) is 0.455. The third kappa shape index (κ3) is 3.67. The average molecular weight is 285 g/mol. The number of carbonyl (C=O) groups excluding carboxylic acids is 1. The van der Waals surface area contributed by atoms with Crippen LogP contribution >= 0.6 is 11.6 Å². The summed E-state index contributed by atoms with van der Waals surface area (Å²) in [5, 5.41) is 2.98. The summed E-state index contributed by atoms with van der Waals surface area (Å²) in [6, 6.07) is 3.77. The number of carbonyl (C=O) groups is 1. The molecular weight excluding hydrogens is 267 g/mol. The van der Waals surface area contributed by atoms with Crippen LogP contribution < -0.4 is 5.32 Å². The van der Waals surface area contributed by atoms with Gasteiger partial charge in [0.25, 0.3) is 0 Å². The van der Waals surface area contributed by atoms with Gasteiger partial charge in [-0.1, -0.05) is 18.0 Å². The molecular formula is C14H18ClFN2O. The van der Waals surface area contributed by atoms with Gasteiger partial charge in [-0.15, -0.1) is 0 Å². The molecule has 0 spiro atoms. The molecule has 0 unspecified atom stereocenters. The van der Waals surface area contributed by atoms with E-state index in [1.807, 2.05) is 6.92 Å².